The summed E-state index contributed by atoms with van der Waals surface area (Å²) in [5, 5.41) is 0. The molecule has 0 radical (unpaired) electrons. The fourth-order valence-corrected chi connectivity index (χ4v) is 0.307. The number of hydrogen-bond donors (Lipinski definition) is 2. The van der Waals surface area contributed by atoms with Crippen LogP contribution in [-0.4, -0.2) is 9.79 Å². The summed E-state index contributed by atoms with van der Waals surface area (Å²) < 4.78 is 24.0. The average molecular weight is 142 g/mol. The number of rotatable bonds is 2. The maximum Gasteiger partial charge on any atom is 0.524 e. The Hall–Kier alpha value is -0.380. The zero-order valence-electron chi connectivity index (χ0n) is 3.69. The monoisotopic (exact) mass is 142 g/mol. The summed E-state index contributed by atoms with van der Waals surface area (Å²) in [6.07, 6.45) is 0.167. The van der Waals surface area contributed by atoms with Crippen LogP contribution in [0.25, 0.3) is 0 Å². The molecule has 6 heteroatoms. The van der Waals surface area contributed by atoms with E-state index in [0.717, 1.165) is 0 Å². The van der Waals surface area contributed by atoms with E-state index in [2.05, 4.69) is 4.52 Å². The fourth-order valence-electron chi connectivity index (χ4n) is 0.102. The summed E-state index contributed by atoms with van der Waals surface area (Å²) in [5.74, 6) is 0. The molecule has 0 rings (SSSR count). The van der Waals surface area contributed by atoms with Crippen LogP contribution in [0.5, 0.6) is 0 Å². The zero-order chi connectivity index (χ0) is 6.62. The molecule has 0 heterocycles. The summed E-state index contributed by atoms with van der Waals surface area (Å²) in [7, 11) is -4.51. The third kappa shape index (κ3) is 5.62. The highest BCUT2D eigenvalue weighted by atomic mass is 31.2. The molecule has 0 aliphatic rings. The van der Waals surface area contributed by atoms with Gasteiger partial charge in [0, 0.05) is 0 Å². The Morgan fingerprint density at radius 3 is 2.25 bits per heavy atom. The number of halogens is 1. The maximum atomic E-state index is 10.9. The summed E-state index contributed by atoms with van der Waals surface area (Å²) in [6, 6.07) is 0. The van der Waals surface area contributed by atoms with Gasteiger partial charge >= 0.3 is 7.82 Å². The molecule has 0 fully saturated rings. The van der Waals surface area contributed by atoms with Gasteiger partial charge in [0.05, 0.1) is 0 Å². The van der Waals surface area contributed by atoms with Gasteiger partial charge in [0.2, 0.25) is 0 Å². The molecule has 0 saturated carbocycles. The molecule has 0 aliphatic carbocycles. The molecule has 0 amide bonds. The van der Waals surface area contributed by atoms with Crippen molar-refractivity contribution in [2.45, 2.75) is 0 Å². The number of hydrogen-bond acceptors (Lipinski definition) is 2. The second kappa shape index (κ2) is 2.81. The van der Waals surface area contributed by atoms with Crippen molar-refractivity contribution in [2.75, 3.05) is 0 Å². The first-order valence-electron chi connectivity index (χ1n) is 1.55. The molecule has 0 aromatic rings. The van der Waals surface area contributed by atoms with Crippen LogP contribution in [0.3, 0.4) is 0 Å². The van der Waals surface area contributed by atoms with E-state index in [4.69, 9.17) is 9.79 Å². The molecule has 0 spiro atoms. The highest BCUT2D eigenvalue weighted by molar-refractivity contribution is 7.46. The van der Waals surface area contributed by atoms with Crippen molar-refractivity contribution in [3.05, 3.63) is 12.6 Å². The van der Waals surface area contributed by atoms with Crippen LogP contribution >= 0.6 is 7.82 Å². The van der Waals surface area contributed by atoms with Crippen molar-refractivity contribution >= 4 is 7.82 Å². The minimum atomic E-state index is -4.51. The normalized spacial score (nSPS) is 12.4. The van der Waals surface area contributed by atoms with Crippen LogP contribution in [0.2, 0.25) is 0 Å². The van der Waals surface area contributed by atoms with Crippen LogP contribution in [-0.2, 0) is 9.09 Å². The lowest BCUT2D eigenvalue weighted by Gasteiger charge is -1.97. The SMILES string of the molecule is O=P(O)(O)OC=CF. The summed E-state index contributed by atoms with van der Waals surface area (Å²) >= 11 is 0. The Balaban J connectivity index is 3.57. The quantitative estimate of drug-likeness (QED) is 0.436. The van der Waals surface area contributed by atoms with Crippen LogP contribution in [0.4, 0.5) is 4.39 Å². The van der Waals surface area contributed by atoms with Gasteiger partial charge in [-0.05, 0) is 0 Å². The van der Waals surface area contributed by atoms with E-state index in [9.17, 15) is 8.96 Å². The first-order valence-corrected chi connectivity index (χ1v) is 3.08. The molecular formula is C2H4FO4P. The van der Waals surface area contributed by atoms with Gasteiger partial charge in [-0.25, -0.2) is 8.96 Å². The average Bonchev–Trinajstić information content (AvgIpc) is 1.59. The van der Waals surface area contributed by atoms with E-state index in [0.29, 0.717) is 0 Å². The van der Waals surface area contributed by atoms with Gasteiger partial charge in [0.1, 0.15) is 12.6 Å². The Morgan fingerprint density at radius 2 is 2.12 bits per heavy atom. The van der Waals surface area contributed by atoms with Gasteiger partial charge < -0.3 is 4.52 Å². The van der Waals surface area contributed by atoms with Crippen molar-refractivity contribution in [2.24, 2.45) is 0 Å². The second-order valence-electron chi connectivity index (χ2n) is 0.858. The molecule has 48 valence electrons. The third-order valence-electron chi connectivity index (χ3n) is 0.250. The first-order chi connectivity index (χ1) is 3.56. The Bertz CT molecular complexity index is 126. The second-order valence-corrected chi connectivity index (χ2v) is 2.05. The maximum absolute atomic E-state index is 10.9. The molecule has 0 bridgehead atoms. The summed E-state index contributed by atoms with van der Waals surface area (Å²) in [4.78, 5) is 15.6. The standard InChI is InChI=1S/C2H4FO4P/c3-1-2-7-8(4,5)6/h1-2H,(H2,4,5,6). The predicted molar refractivity (Wildman–Crippen MR) is 23.4 cm³/mol. The van der Waals surface area contributed by atoms with E-state index in [1.807, 2.05) is 0 Å². The Labute approximate surface area is 44.8 Å². The number of phosphoric acid groups is 1. The van der Waals surface area contributed by atoms with Gasteiger partial charge in [-0.15, -0.1) is 0 Å². The molecule has 4 nitrogen and oxygen atoms in total. The van der Waals surface area contributed by atoms with Gasteiger partial charge in [-0.3, -0.25) is 9.79 Å². The van der Waals surface area contributed by atoms with E-state index < -0.39 is 7.82 Å². The van der Waals surface area contributed by atoms with Crippen molar-refractivity contribution in [1.29, 1.82) is 0 Å². The van der Waals surface area contributed by atoms with Crippen LogP contribution in [0, 0.1) is 0 Å². The van der Waals surface area contributed by atoms with E-state index >= 15 is 0 Å². The fraction of sp³-hybridized carbons (Fsp3) is 0. The minimum Gasteiger partial charge on any atom is -0.410 e. The van der Waals surface area contributed by atoms with E-state index in [1.165, 1.54) is 0 Å². The highest BCUT2D eigenvalue weighted by Crippen LogP contribution is 2.35. The molecule has 2 N–H and O–H groups in total. The predicted octanol–water partition coefficient (Wildman–Crippen LogP) is 0.536. The molecule has 0 aliphatic heterocycles. The van der Waals surface area contributed by atoms with Crippen LogP contribution < -0.4 is 0 Å². The molecule has 0 aromatic heterocycles. The molecule has 0 atom stereocenters. The first kappa shape index (κ1) is 7.62. The minimum absolute atomic E-state index is 0.112. The Morgan fingerprint density at radius 1 is 1.62 bits per heavy atom. The van der Waals surface area contributed by atoms with Gasteiger partial charge in [0.15, 0.2) is 0 Å². The third-order valence-corrected chi connectivity index (χ3v) is 0.646. The lowest BCUT2D eigenvalue weighted by atomic mass is 11.1. The van der Waals surface area contributed by atoms with Gasteiger partial charge in [-0.1, -0.05) is 0 Å². The summed E-state index contributed by atoms with van der Waals surface area (Å²) in [5.41, 5.74) is 0. The Kier molecular flexibility index (Phi) is 2.68. The van der Waals surface area contributed by atoms with E-state index in [1.54, 1.807) is 0 Å². The molecule has 0 aromatic carbocycles. The van der Waals surface area contributed by atoms with Crippen LogP contribution in [0.15, 0.2) is 12.6 Å². The molecule has 0 unspecified atom stereocenters. The molecular weight excluding hydrogens is 138 g/mol. The van der Waals surface area contributed by atoms with E-state index in [-0.39, 0.29) is 12.6 Å². The largest absolute Gasteiger partial charge is 0.524 e. The highest BCUT2D eigenvalue weighted by Gasteiger charge is 2.10. The van der Waals surface area contributed by atoms with Crippen molar-refractivity contribution in [3.8, 4) is 0 Å². The molecule has 8 heavy (non-hydrogen) atoms. The number of phosphoric ester groups is 1. The van der Waals surface area contributed by atoms with Crippen molar-refractivity contribution in [1.82, 2.24) is 0 Å². The molecule has 0 saturated heterocycles. The van der Waals surface area contributed by atoms with Crippen molar-refractivity contribution < 1.29 is 23.3 Å². The smallest absolute Gasteiger partial charge is 0.410 e. The topological polar surface area (TPSA) is 66.8 Å². The van der Waals surface area contributed by atoms with Crippen molar-refractivity contribution in [3.63, 3.8) is 0 Å². The van der Waals surface area contributed by atoms with Gasteiger partial charge in [-0.2, -0.15) is 0 Å². The lowest BCUT2D eigenvalue weighted by Crippen LogP contribution is -1.76. The summed E-state index contributed by atoms with van der Waals surface area (Å²) in [6.45, 7) is 0. The van der Waals surface area contributed by atoms with Crippen LogP contribution in [0.1, 0.15) is 0 Å². The zero-order valence-corrected chi connectivity index (χ0v) is 4.59. The van der Waals surface area contributed by atoms with Gasteiger partial charge in [0.25, 0.3) is 0 Å². The lowest BCUT2D eigenvalue weighted by molar-refractivity contribution is 0.256.